The fourth-order valence-corrected chi connectivity index (χ4v) is 4.76. The van der Waals surface area contributed by atoms with Crippen molar-refractivity contribution in [1.29, 1.82) is 0 Å². The van der Waals surface area contributed by atoms with Crippen LogP contribution in [0.5, 0.6) is 0 Å². The number of fused-ring (bicyclic) bond motifs is 1. The van der Waals surface area contributed by atoms with Gasteiger partial charge in [0.15, 0.2) is 0 Å². The van der Waals surface area contributed by atoms with E-state index in [1.165, 1.54) is 4.31 Å². The van der Waals surface area contributed by atoms with Crippen molar-refractivity contribution in [1.82, 2.24) is 4.31 Å². The number of benzene rings is 3. The van der Waals surface area contributed by atoms with Crippen molar-refractivity contribution in [3.05, 3.63) is 107 Å². The molecule has 4 heteroatoms. The van der Waals surface area contributed by atoms with E-state index in [9.17, 15) is 8.42 Å². The highest BCUT2D eigenvalue weighted by atomic mass is 32.2. The highest BCUT2D eigenvalue weighted by molar-refractivity contribution is 7.89. The average molecular weight is 361 g/mol. The average Bonchev–Trinajstić information content (AvgIpc) is 2.68. The molecule has 0 bridgehead atoms. The number of hydrogen-bond donors (Lipinski definition) is 0. The van der Waals surface area contributed by atoms with Gasteiger partial charge in [-0.2, -0.15) is 0 Å². The zero-order valence-corrected chi connectivity index (χ0v) is 15.2. The molecule has 0 fully saturated rings. The summed E-state index contributed by atoms with van der Waals surface area (Å²) in [5.74, 6) is 0. The van der Waals surface area contributed by atoms with E-state index < -0.39 is 10.0 Å². The predicted molar refractivity (Wildman–Crippen MR) is 104 cm³/mol. The third-order valence-electron chi connectivity index (χ3n) is 4.66. The van der Waals surface area contributed by atoms with Crippen LogP contribution in [0.25, 0.3) is 6.08 Å². The molecule has 1 aliphatic heterocycles. The summed E-state index contributed by atoms with van der Waals surface area (Å²) in [6, 6.07) is 24.3. The number of sulfonamides is 1. The Balaban J connectivity index is 1.88. The molecule has 1 aliphatic rings. The third-order valence-corrected chi connectivity index (χ3v) is 6.41. The Labute approximate surface area is 154 Å². The smallest absolute Gasteiger partial charge is 0.261 e. The van der Waals surface area contributed by atoms with E-state index >= 15 is 0 Å². The molecule has 1 heterocycles. The van der Waals surface area contributed by atoms with Gasteiger partial charge in [-0.25, -0.2) is 8.42 Å². The summed E-state index contributed by atoms with van der Waals surface area (Å²) in [6.07, 6.45) is 3.54. The normalized spacial score (nSPS) is 16.3. The highest BCUT2D eigenvalue weighted by Gasteiger charge is 2.33. The van der Waals surface area contributed by atoms with Crippen LogP contribution in [0, 0.1) is 6.92 Å². The van der Waals surface area contributed by atoms with Crippen LogP contribution in [-0.4, -0.2) is 12.7 Å². The summed E-state index contributed by atoms with van der Waals surface area (Å²) in [4.78, 5) is 0.299. The first-order valence-corrected chi connectivity index (χ1v) is 9.94. The number of nitrogens with zero attached hydrogens (tertiary/aromatic N) is 1. The molecule has 1 unspecified atom stereocenters. The predicted octanol–water partition coefficient (Wildman–Crippen LogP) is 4.76. The standard InChI is InChI=1S/C22H19NO2S/c1-17-11-13-20(14-12-17)26(24,25)23-16-15-18-7-5-6-10-21(18)22(23)19-8-3-2-4-9-19/h2-16,22H,1H3. The topological polar surface area (TPSA) is 37.4 Å². The summed E-state index contributed by atoms with van der Waals surface area (Å²) < 4.78 is 28.2. The van der Waals surface area contributed by atoms with Crippen LogP contribution < -0.4 is 0 Å². The first-order valence-electron chi connectivity index (χ1n) is 8.50. The van der Waals surface area contributed by atoms with Gasteiger partial charge in [0.25, 0.3) is 10.0 Å². The first-order chi connectivity index (χ1) is 12.6. The molecule has 4 rings (SSSR count). The molecule has 0 saturated heterocycles. The van der Waals surface area contributed by atoms with E-state index in [0.29, 0.717) is 4.90 Å². The molecule has 0 amide bonds. The zero-order valence-electron chi connectivity index (χ0n) is 14.4. The van der Waals surface area contributed by atoms with E-state index in [1.807, 2.05) is 79.7 Å². The fourth-order valence-electron chi connectivity index (χ4n) is 3.30. The Morgan fingerprint density at radius 2 is 1.46 bits per heavy atom. The minimum absolute atomic E-state index is 0.299. The molecular formula is C22H19NO2S. The van der Waals surface area contributed by atoms with E-state index in [1.54, 1.807) is 18.3 Å². The van der Waals surface area contributed by atoms with Gasteiger partial charge in [0, 0.05) is 6.20 Å². The number of aryl methyl sites for hydroxylation is 1. The monoisotopic (exact) mass is 361 g/mol. The second kappa shape index (κ2) is 6.46. The van der Waals surface area contributed by atoms with Crippen molar-refractivity contribution in [2.75, 3.05) is 0 Å². The van der Waals surface area contributed by atoms with Crippen molar-refractivity contribution in [2.24, 2.45) is 0 Å². The summed E-state index contributed by atoms with van der Waals surface area (Å²) in [7, 11) is -3.67. The first kappa shape index (κ1) is 16.6. The minimum Gasteiger partial charge on any atom is -0.261 e. The molecule has 1 atom stereocenters. The second-order valence-electron chi connectivity index (χ2n) is 6.41. The van der Waals surface area contributed by atoms with Gasteiger partial charge in [0.2, 0.25) is 0 Å². The van der Waals surface area contributed by atoms with Crippen LogP contribution in [0.15, 0.2) is 90.0 Å². The number of rotatable bonds is 3. The van der Waals surface area contributed by atoms with E-state index in [4.69, 9.17) is 0 Å². The zero-order chi connectivity index (χ0) is 18.1. The van der Waals surface area contributed by atoms with Crippen LogP contribution in [0.1, 0.15) is 28.3 Å². The lowest BCUT2D eigenvalue weighted by Gasteiger charge is -2.34. The van der Waals surface area contributed by atoms with Gasteiger partial charge in [-0.3, -0.25) is 4.31 Å². The van der Waals surface area contributed by atoms with E-state index in [-0.39, 0.29) is 6.04 Å². The van der Waals surface area contributed by atoms with E-state index in [0.717, 1.165) is 22.3 Å². The Morgan fingerprint density at radius 3 is 2.19 bits per heavy atom. The van der Waals surface area contributed by atoms with Gasteiger partial charge in [-0.15, -0.1) is 0 Å². The highest BCUT2D eigenvalue weighted by Crippen LogP contribution is 2.38. The number of hydrogen-bond acceptors (Lipinski definition) is 2. The lowest BCUT2D eigenvalue weighted by molar-refractivity contribution is 0.447. The molecule has 3 aromatic carbocycles. The summed E-state index contributed by atoms with van der Waals surface area (Å²) in [6.45, 7) is 1.94. The molecule has 0 radical (unpaired) electrons. The van der Waals surface area contributed by atoms with Gasteiger partial charge < -0.3 is 0 Å². The molecule has 3 nitrogen and oxygen atoms in total. The van der Waals surface area contributed by atoms with Gasteiger partial charge in [-0.05, 0) is 41.8 Å². The quantitative estimate of drug-likeness (QED) is 0.674. The Morgan fingerprint density at radius 1 is 0.808 bits per heavy atom. The largest absolute Gasteiger partial charge is 0.264 e. The van der Waals surface area contributed by atoms with E-state index in [2.05, 4.69) is 0 Å². The minimum atomic E-state index is -3.67. The SMILES string of the molecule is Cc1ccc(S(=O)(=O)N2C=Cc3ccccc3C2c2ccccc2)cc1. The summed E-state index contributed by atoms with van der Waals surface area (Å²) in [5.41, 5.74) is 4.00. The van der Waals surface area contributed by atoms with Crippen molar-refractivity contribution in [3.63, 3.8) is 0 Å². The van der Waals surface area contributed by atoms with Gasteiger partial charge >= 0.3 is 0 Å². The summed E-state index contributed by atoms with van der Waals surface area (Å²) in [5, 5.41) is 0. The maximum Gasteiger partial charge on any atom is 0.264 e. The molecule has 0 aromatic heterocycles. The van der Waals surface area contributed by atoms with Crippen LogP contribution in [0.4, 0.5) is 0 Å². The Kier molecular flexibility index (Phi) is 4.13. The molecular weight excluding hydrogens is 342 g/mol. The van der Waals surface area contributed by atoms with Crippen molar-refractivity contribution in [3.8, 4) is 0 Å². The van der Waals surface area contributed by atoms with Gasteiger partial charge in [-0.1, -0.05) is 72.3 Å². The van der Waals surface area contributed by atoms with Crippen LogP contribution in [0.3, 0.4) is 0 Å². The summed E-state index contributed by atoms with van der Waals surface area (Å²) >= 11 is 0. The maximum atomic E-state index is 13.4. The third kappa shape index (κ3) is 2.82. The molecule has 26 heavy (non-hydrogen) atoms. The lowest BCUT2D eigenvalue weighted by Crippen LogP contribution is -2.33. The van der Waals surface area contributed by atoms with Gasteiger partial charge in [0.05, 0.1) is 10.9 Å². The molecule has 0 N–H and O–H groups in total. The lowest BCUT2D eigenvalue weighted by atomic mass is 9.92. The Bertz CT molecular complexity index is 1050. The van der Waals surface area contributed by atoms with Crippen LogP contribution in [0.2, 0.25) is 0 Å². The van der Waals surface area contributed by atoms with Crippen LogP contribution >= 0.6 is 0 Å². The van der Waals surface area contributed by atoms with Crippen molar-refractivity contribution >= 4 is 16.1 Å². The molecule has 130 valence electrons. The molecule has 3 aromatic rings. The maximum absolute atomic E-state index is 13.4. The van der Waals surface area contributed by atoms with Gasteiger partial charge in [0.1, 0.15) is 0 Å². The van der Waals surface area contributed by atoms with Crippen molar-refractivity contribution in [2.45, 2.75) is 17.9 Å². The molecule has 0 saturated carbocycles. The van der Waals surface area contributed by atoms with Crippen LogP contribution in [-0.2, 0) is 10.0 Å². The fraction of sp³-hybridized carbons (Fsp3) is 0.0909. The molecule has 0 spiro atoms. The second-order valence-corrected chi connectivity index (χ2v) is 8.25. The van der Waals surface area contributed by atoms with Crippen molar-refractivity contribution < 1.29 is 8.42 Å². The Hall–Kier alpha value is -2.85. The molecule has 0 aliphatic carbocycles.